The van der Waals surface area contributed by atoms with Gasteiger partial charge in [-0.25, -0.2) is 0 Å². The molecule has 2 aliphatic rings. The van der Waals surface area contributed by atoms with Crippen molar-refractivity contribution in [1.29, 1.82) is 0 Å². The highest BCUT2D eigenvalue weighted by atomic mass is 35.5. The summed E-state index contributed by atoms with van der Waals surface area (Å²) in [6.07, 6.45) is 3.05. The molecular weight excluding hydrogens is 386 g/mol. The number of ketones is 1. The number of benzene rings is 2. The lowest BCUT2D eigenvalue weighted by molar-refractivity contribution is -0.127. The van der Waals surface area contributed by atoms with Crippen molar-refractivity contribution in [2.75, 3.05) is 7.11 Å². The molecule has 5 heteroatoms. The molecular formula is C24H26ClNO3. The third-order valence-electron chi connectivity index (χ3n) is 6.57. The van der Waals surface area contributed by atoms with E-state index in [4.69, 9.17) is 16.3 Å². The van der Waals surface area contributed by atoms with Crippen LogP contribution in [-0.4, -0.2) is 30.4 Å². The molecule has 1 N–H and O–H groups in total. The Hall–Kier alpha value is -2.17. The summed E-state index contributed by atoms with van der Waals surface area (Å²) in [5.41, 5.74) is 4.00. The van der Waals surface area contributed by atoms with Crippen molar-refractivity contribution in [2.45, 2.75) is 57.1 Å². The number of rotatable bonds is 3. The van der Waals surface area contributed by atoms with Crippen LogP contribution < -0.4 is 5.32 Å². The molecule has 1 aliphatic carbocycles. The van der Waals surface area contributed by atoms with Crippen molar-refractivity contribution >= 4 is 23.3 Å². The summed E-state index contributed by atoms with van der Waals surface area (Å²) in [6, 6.07) is 11.7. The number of Topliss-reactive ketones (excluding diaryl/α,β-unsaturated/α-hetero) is 1. The van der Waals surface area contributed by atoms with Crippen molar-refractivity contribution in [2.24, 2.45) is 0 Å². The molecule has 0 bridgehead atoms. The smallest absolute Gasteiger partial charge is 0.235 e. The fraction of sp³-hybridized carbons (Fsp3) is 0.417. The third-order valence-corrected chi connectivity index (χ3v) is 6.83. The average Bonchev–Trinajstić information content (AvgIpc) is 2.93. The first-order valence-corrected chi connectivity index (χ1v) is 10.5. The van der Waals surface area contributed by atoms with E-state index in [0.717, 1.165) is 40.7 Å². The zero-order chi connectivity index (χ0) is 20.8. The molecule has 1 heterocycles. The van der Waals surface area contributed by atoms with Gasteiger partial charge >= 0.3 is 0 Å². The highest BCUT2D eigenvalue weighted by Crippen LogP contribution is 2.42. The number of hydrogen-bond donors (Lipinski definition) is 1. The number of hydrogen-bond acceptors (Lipinski definition) is 3. The van der Waals surface area contributed by atoms with Crippen molar-refractivity contribution in [3.05, 3.63) is 58.1 Å². The van der Waals surface area contributed by atoms with Gasteiger partial charge in [-0.05, 0) is 73.1 Å². The molecule has 2 fully saturated rings. The van der Waals surface area contributed by atoms with E-state index in [1.807, 2.05) is 50.2 Å². The van der Waals surface area contributed by atoms with Crippen LogP contribution in [-0.2, 0) is 14.3 Å². The first-order chi connectivity index (χ1) is 13.9. The van der Waals surface area contributed by atoms with Crippen LogP contribution in [0, 0.1) is 13.8 Å². The number of ether oxygens (including phenoxy) is 1. The van der Waals surface area contributed by atoms with Gasteiger partial charge < -0.3 is 10.1 Å². The lowest BCUT2D eigenvalue weighted by Crippen LogP contribution is -2.51. The number of nitrogens with one attached hydrogen (secondary N) is 1. The van der Waals surface area contributed by atoms with Crippen LogP contribution in [0.25, 0.3) is 11.1 Å². The molecule has 1 aliphatic heterocycles. The van der Waals surface area contributed by atoms with E-state index in [2.05, 4.69) is 5.32 Å². The van der Waals surface area contributed by atoms with Crippen LogP contribution in [0.15, 0.2) is 36.4 Å². The highest BCUT2D eigenvalue weighted by Gasteiger charge is 2.55. The Morgan fingerprint density at radius 3 is 2.52 bits per heavy atom. The minimum atomic E-state index is -0.796. The molecule has 2 aromatic rings. The average molecular weight is 412 g/mol. The summed E-state index contributed by atoms with van der Waals surface area (Å²) in [5.74, 6) is -0.965. The summed E-state index contributed by atoms with van der Waals surface area (Å²) in [5, 5.41) is 3.74. The second kappa shape index (κ2) is 7.58. The van der Waals surface area contributed by atoms with E-state index in [9.17, 15) is 9.59 Å². The largest absolute Gasteiger partial charge is 0.381 e. The zero-order valence-corrected chi connectivity index (χ0v) is 17.8. The molecule has 29 heavy (non-hydrogen) atoms. The first kappa shape index (κ1) is 20.1. The molecule has 4 nitrogen and oxygen atoms in total. The third kappa shape index (κ3) is 3.38. The SMILES string of the molecule is COC1CCCC2(C1)NC(=O)C(c1c(C)ccc(-c3ccc(Cl)cc3)c1C)C2=O. The second-order valence-electron chi connectivity index (χ2n) is 8.30. The van der Waals surface area contributed by atoms with E-state index in [0.29, 0.717) is 17.9 Å². The normalized spacial score (nSPS) is 26.8. The second-order valence-corrected chi connectivity index (χ2v) is 8.73. The van der Waals surface area contributed by atoms with E-state index in [-0.39, 0.29) is 17.8 Å². The Bertz CT molecular complexity index is 969. The van der Waals surface area contributed by atoms with E-state index < -0.39 is 11.5 Å². The molecule has 4 rings (SSSR count). The molecule has 3 atom stereocenters. The summed E-state index contributed by atoms with van der Waals surface area (Å²) >= 11 is 6.04. The fourth-order valence-corrected chi connectivity index (χ4v) is 5.17. The lowest BCUT2D eigenvalue weighted by atomic mass is 9.74. The number of aryl methyl sites for hydroxylation is 1. The lowest BCUT2D eigenvalue weighted by Gasteiger charge is -2.36. The molecule has 152 valence electrons. The van der Waals surface area contributed by atoms with Gasteiger partial charge in [0.2, 0.25) is 5.91 Å². The van der Waals surface area contributed by atoms with Crippen molar-refractivity contribution < 1.29 is 14.3 Å². The van der Waals surface area contributed by atoms with Crippen molar-refractivity contribution in [3.63, 3.8) is 0 Å². The maximum absolute atomic E-state index is 13.6. The summed E-state index contributed by atoms with van der Waals surface area (Å²) in [4.78, 5) is 26.7. The van der Waals surface area contributed by atoms with Gasteiger partial charge in [0.1, 0.15) is 11.5 Å². The van der Waals surface area contributed by atoms with Crippen LogP contribution >= 0.6 is 11.6 Å². The van der Waals surface area contributed by atoms with Gasteiger partial charge in [0, 0.05) is 18.6 Å². The Morgan fingerprint density at radius 2 is 1.83 bits per heavy atom. The Morgan fingerprint density at radius 1 is 1.10 bits per heavy atom. The number of carbonyl (C=O) groups is 2. The first-order valence-electron chi connectivity index (χ1n) is 10.1. The van der Waals surface area contributed by atoms with E-state index in [1.54, 1.807) is 7.11 Å². The van der Waals surface area contributed by atoms with Gasteiger partial charge in [-0.3, -0.25) is 9.59 Å². The number of methoxy groups -OCH3 is 1. The Labute approximate surface area is 176 Å². The molecule has 1 amide bonds. The van der Waals surface area contributed by atoms with Crippen LogP contribution in [0.5, 0.6) is 0 Å². The van der Waals surface area contributed by atoms with Crippen LogP contribution in [0.1, 0.15) is 48.3 Å². The quantitative estimate of drug-likeness (QED) is 0.742. The molecule has 1 saturated heterocycles. The predicted molar refractivity (Wildman–Crippen MR) is 114 cm³/mol. The number of halogens is 1. The van der Waals surface area contributed by atoms with Crippen molar-refractivity contribution in [3.8, 4) is 11.1 Å². The van der Waals surface area contributed by atoms with Gasteiger partial charge in [0.25, 0.3) is 0 Å². The highest BCUT2D eigenvalue weighted by molar-refractivity contribution is 6.30. The molecule has 3 unspecified atom stereocenters. The van der Waals surface area contributed by atoms with Gasteiger partial charge in [0.15, 0.2) is 5.78 Å². The summed E-state index contributed by atoms with van der Waals surface area (Å²) < 4.78 is 5.52. The molecule has 2 aromatic carbocycles. The van der Waals surface area contributed by atoms with Crippen LogP contribution in [0.2, 0.25) is 5.02 Å². The Kier molecular flexibility index (Phi) is 5.26. The maximum Gasteiger partial charge on any atom is 0.235 e. The van der Waals surface area contributed by atoms with Gasteiger partial charge in [-0.1, -0.05) is 35.9 Å². The minimum absolute atomic E-state index is 0.00865. The summed E-state index contributed by atoms with van der Waals surface area (Å²) in [7, 11) is 1.67. The topological polar surface area (TPSA) is 55.4 Å². The van der Waals surface area contributed by atoms with Gasteiger partial charge in [0.05, 0.1) is 6.10 Å². The minimum Gasteiger partial charge on any atom is -0.381 e. The zero-order valence-electron chi connectivity index (χ0n) is 17.0. The van der Waals surface area contributed by atoms with Gasteiger partial charge in [-0.2, -0.15) is 0 Å². The molecule has 1 saturated carbocycles. The van der Waals surface area contributed by atoms with Crippen molar-refractivity contribution in [1.82, 2.24) is 5.32 Å². The standard InChI is InChI=1S/C24H26ClNO3/c1-14-6-11-19(16-7-9-17(25)10-8-16)15(2)20(14)21-22(27)24(26-23(21)28)12-4-5-18(13-24)29-3/h6-11,18,21H,4-5,12-13H2,1-3H3,(H,26,28). The molecule has 1 spiro atoms. The molecule has 0 radical (unpaired) electrons. The fourth-order valence-electron chi connectivity index (χ4n) is 5.04. The molecule has 0 aromatic heterocycles. The monoisotopic (exact) mass is 411 g/mol. The summed E-state index contributed by atoms with van der Waals surface area (Å²) in [6.45, 7) is 3.97. The number of amides is 1. The maximum atomic E-state index is 13.6. The van der Waals surface area contributed by atoms with Crippen LogP contribution in [0.3, 0.4) is 0 Å². The van der Waals surface area contributed by atoms with E-state index >= 15 is 0 Å². The predicted octanol–water partition coefficient (Wildman–Crippen LogP) is 4.73. The van der Waals surface area contributed by atoms with Gasteiger partial charge in [-0.15, -0.1) is 0 Å². The van der Waals surface area contributed by atoms with Crippen LogP contribution in [0.4, 0.5) is 0 Å². The van der Waals surface area contributed by atoms with E-state index in [1.165, 1.54) is 0 Å². The number of carbonyl (C=O) groups excluding carboxylic acids is 2. The Balaban J connectivity index is 1.76.